The van der Waals surface area contributed by atoms with Crippen LogP contribution in [-0.4, -0.2) is 26.1 Å². The fourth-order valence-corrected chi connectivity index (χ4v) is 2.33. The van der Waals surface area contributed by atoms with Gasteiger partial charge in [0.05, 0.1) is 18.1 Å². The van der Waals surface area contributed by atoms with Gasteiger partial charge in [-0.1, -0.05) is 18.5 Å². The number of rotatable bonds is 3. The molecule has 0 aliphatic carbocycles. The molecule has 0 radical (unpaired) electrons. The van der Waals surface area contributed by atoms with Crippen molar-refractivity contribution in [2.75, 3.05) is 25.5 Å². The van der Waals surface area contributed by atoms with Crippen molar-refractivity contribution < 1.29 is 9.53 Å². The summed E-state index contributed by atoms with van der Waals surface area (Å²) in [5, 5.41) is 6.65. The van der Waals surface area contributed by atoms with Gasteiger partial charge in [-0.05, 0) is 24.6 Å². The molecule has 5 heteroatoms. The lowest BCUT2D eigenvalue weighted by molar-refractivity contribution is -0.120. The van der Waals surface area contributed by atoms with Crippen molar-refractivity contribution in [2.45, 2.75) is 6.92 Å². The van der Waals surface area contributed by atoms with Crippen LogP contribution in [0, 0.1) is 11.8 Å². The van der Waals surface area contributed by atoms with Crippen LogP contribution in [0.5, 0.6) is 5.75 Å². The zero-order valence-corrected chi connectivity index (χ0v) is 11.3. The van der Waals surface area contributed by atoms with Crippen LogP contribution >= 0.6 is 11.6 Å². The Bertz CT molecular complexity index is 451. The number of nitrogens with one attached hydrogen (secondary N) is 2. The van der Waals surface area contributed by atoms with E-state index in [9.17, 15) is 4.79 Å². The van der Waals surface area contributed by atoms with Crippen LogP contribution in [0.15, 0.2) is 18.2 Å². The molecule has 98 valence electrons. The summed E-state index contributed by atoms with van der Waals surface area (Å²) in [4.78, 5) is 12.1. The van der Waals surface area contributed by atoms with E-state index in [1.54, 1.807) is 25.3 Å². The summed E-state index contributed by atoms with van der Waals surface area (Å²) in [6.07, 6.45) is 0. The summed E-state index contributed by atoms with van der Waals surface area (Å²) in [5.41, 5.74) is 0.709. The van der Waals surface area contributed by atoms with E-state index in [2.05, 4.69) is 17.6 Å². The van der Waals surface area contributed by atoms with Crippen LogP contribution in [0.1, 0.15) is 6.92 Å². The Morgan fingerprint density at radius 1 is 1.50 bits per heavy atom. The lowest BCUT2D eigenvalue weighted by atomic mass is 9.97. The fraction of sp³-hybridized carbons (Fsp3) is 0.462. The number of hydrogen-bond donors (Lipinski definition) is 2. The van der Waals surface area contributed by atoms with Gasteiger partial charge in [0.15, 0.2) is 0 Å². The van der Waals surface area contributed by atoms with E-state index < -0.39 is 0 Å². The molecule has 1 aromatic rings. The number of methoxy groups -OCH3 is 1. The van der Waals surface area contributed by atoms with E-state index in [-0.39, 0.29) is 11.8 Å². The normalized spacial score (nSPS) is 22.8. The van der Waals surface area contributed by atoms with Crippen LogP contribution < -0.4 is 15.4 Å². The van der Waals surface area contributed by atoms with Crippen LogP contribution in [-0.2, 0) is 4.79 Å². The summed E-state index contributed by atoms with van der Waals surface area (Å²) in [6, 6.07) is 5.22. The second-order valence-corrected chi connectivity index (χ2v) is 4.99. The van der Waals surface area contributed by atoms with Crippen molar-refractivity contribution in [3.05, 3.63) is 23.2 Å². The quantitative estimate of drug-likeness (QED) is 0.883. The molecule has 0 spiro atoms. The molecule has 0 bridgehead atoms. The third kappa shape index (κ3) is 2.76. The van der Waals surface area contributed by atoms with Crippen molar-refractivity contribution in [3.63, 3.8) is 0 Å². The smallest absolute Gasteiger partial charge is 0.229 e. The highest BCUT2D eigenvalue weighted by molar-refractivity contribution is 6.32. The minimum Gasteiger partial charge on any atom is -0.495 e. The number of benzene rings is 1. The molecule has 2 unspecified atom stereocenters. The Kier molecular flexibility index (Phi) is 4.09. The molecule has 1 heterocycles. The number of halogens is 1. The first-order valence-electron chi connectivity index (χ1n) is 5.97. The molecule has 2 rings (SSSR count). The van der Waals surface area contributed by atoms with Crippen LogP contribution in [0.2, 0.25) is 5.02 Å². The predicted molar refractivity (Wildman–Crippen MR) is 72.2 cm³/mol. The second-order valence-electron chi connectivity index (χ2n) is 4.58. The number of hydrogen-bond acceptors (Lipinski definition) is 3. The van der Waals surface area contributed by atoms with E-state index in [0.717, 1.165) is 13.1 Å². The molecule has 1 amide bonds. The third-order valence-corrected chi connectivity index (χ3v) is 3.59. The zero-order valence-electron chi connectivity index (χ0n) is 10.5. The van der Waals surface area contributed by atoms with Gasteiger partial charge in [-0.25, -0.2) is 0 Å². The molecule has 1 saturated heterocycles. The van der Waals surface area contributed by atoms with Crippen molar-refractivity contribution in [3.8, 4) is 5.75 Å². The maximum absolute atomic E-state index is 12.1. The first-order chi connectivity index (χ1) is 8.61. The number of anilines is 1. The molecule has 0 saturated carbocycles. The molecular weight excluding hydrogens is 252 g/mol. The Hall–Kier alpha value is -1.26. The van der Waals surface area contributed by atoms with Gasteiger partial charge in [0, 0.05) is 18.3 Å². The molecule has 1 aliphatic heterocycles. The van der Waals surface area contributed by atoms with Crippen LogP contribution in [0.25, 0.3) is 0 Å². The van der Waals surface area contributed by atoms with Gasteiger partial charge in [-0.3, -0.25) is 4.79 Å². The van der Waals surface area contributed by atoms with E-state index in [1.807, 2.05) is 0 Å². The summed E-state index contributed by atoms with van der Waals surface area (Å²) in [5.74, 6) is 0.981. The minimum absolute atomic E-state index is 0.0201. The average molecular weight is 269 g/mol. The van der Waals surface area contributed by atoms with Gasteiger partial charge in [0.1, 0.15) is 5.75 Å². The Balaban J connectivity index is 2.07. The molecule has 1 aromatic carbocycles. The second kappa shape index (κ2) is 5.59. The van der Waals surface area contributed by atoms with Gasteiger partial charge >= 0.3 is 0 Å². The van der Waals surface area contributed by atoms with E-state index in [1.165, 1.54) is 0 Å². The average Bonchev–Trinajstić information content (AvgIpc) is 2.78. The van der Waals surface area contributed by atoms with E-state index in [0.29, 0.717) is 22.4 Å². The minimum atomic E-state index is 0.0201. The van der Waals surface area contributed by atoms with Gasteiger partial charge in [0.25, 0.3) is 0 Å². The molecule has 2 atom stereocenters. The van der Waals surface area contributed by atoms with Crippen molar-refractivity contribution in [1.29, 1.82) is 0 Å². The highest BCUT2D eigenvalue weighted by atomic mass is 35.5. The summed E-state index contributed by atoms with van der Waals surface area (Å²) >= 11 is 5.94. The summed E-state index contributed by atoms with van der Waals surface area (Å²) < 4.78 is 5.12. The number of amides is 1. The monoisotopic (exact) mass is 268 g/mol. The van der Waals surface area contributed by atoms with E-state index in [4.69, 9.17) is 16.3 Å². The van der Waals surface area contributed by atoms with Crippen molar-refractivity contribution in [2.24, 2.45) is 11.8 Å². The van der Waals surface area contributed by atoms with Gasteiger partial charge in [-0.2, -0.15) is 0 Å². The first kappa shape index (κ1) is 13.2. The maximum Gasteiger partial charge on any atom is 0.229 e. The van der Waals surface area contributed by atoms with Crippen LogP contribution in [0.4, 0.5) is 5.69 Å². The Morgan fingerprint density at radius 2 is 2.28 bits per heavy atom. The number of carbonyl (C=O) groups is 1. The topological polar surface area (TPSA) is 50.4 Å². The van der Waals surface area contributed by atoms with Crippen LogP contribution in [0.3, 0.4) is 0 Å². The van der Waals surface area contributed by atoms with Gasteiger partial charge in [-0.15, -0.1) is 0 Å². The first-order valence-corrected chi connectivity index (χ1v) is 6.34. The molecular formula is C13H17ClN2O2. The highest BCUT2D eigenvalue weighted by Crippen LogP contribution is 2.28. The summed E-state index contributed by atoms with van der Waals surface area (Å²) in [6.45, 7) is 3.70. The molecule has 1 aliphatic rings. The fourth-order valence-electron chi connectivity index (χ4n) is 2.13. The maximum atomic E-state index is 12.1. The Labute approximate surface area is 112 Å². The summed E-state index contributed by atoms with van der Waals surface area (Å²) in [7, 11) is 1.55. The SMILES string of the molecule is COc1cc(NC(=O)C2CNCC2C)ccc1Cl. The zero-order chi connectivity index (χ0) is 13.1. The molecule has 0 aromatic heterocycles. The number of carbonyl (C=O) groups excluding carboxylic acids is 1. The predicted octanol–water partition coefficient (Wildman–Crippen LogP) is 2.14. The Morgan fingerprint density at radius 3 is 2.89 bits per heavy atom. The molecule has 4 nitrogen and oxygen atoms in total. The third-order valence-electron chi connectivity index (χ3n) is 3.27. The van der Waals surface area contributed by atoms with Crippen molar-refractivity contribution in [1.82, 2.24) is 5.32 Å². The lowest BCUT2D eigenvalue weighted by Crippen LogP contribution is -2.27. The van der Waals surface area contributed by atoms with Crippen molar-refractivity contribution >= 4 is 23.2 Å². The standard InChI is InChI=1S/C13H17ClN2O2/c1-8-6-15-7-10(8)13(17)16-9-3-4-11(14)12(5-9)18-2/h3-5,8,10,15H,6-7H2,1-2H3,(H,16,17). The van der Waals surface area contributed by atoms with E-state index >= 15 is 0 Å². The van der Waals surface area contributed by atoms with Gasteiger partial charge < -0.3 is 15.4 Å². The van der Waals surface area contributed by atoms with Gasteiger partial charge in [0.2, 0.25) is 5.91 Å². The largest absolute Gasteiger partial charge is 0.495 e. The molecule has 2 N–H and O–H groups in total. The highest BCUT2D eigenvalue weighted by Gasteiger charge is 2.29. The number of ether oxygens (including phenoxy) is 1. The molecule has 18 heavy (non-hydrogen) atoms. The molecule has 1 fully saturated rings. The lowest BCUT2D eigenvalue weighted by Gasteiger charge is -2.15.